The molecule has 1 atom stereocenters. The number of pyridine rings is 1. The summed E-state index contributed by atoms with van der Waals surface area (Å²) in [5.74, 6) is 2.63. The van der Waals surface area contributed by atoms with Gasteiger partial charge in [-0.15, -0.1) is 6.42 Å². The van der Waals surface area contributed by atoms with Crippen molar-refractivity contribution in [3.8, 4) is 12.3 Å². The normalized spacial score (nSPS) is 20.5. The largest absolute Gasteiger partial charge is 0.369 e. The fraction of sp³-hybridized carbons (Fsp3) is 0.462. The highest BCUT2D eigenvalue weighted by Gasteiger charge is 2.18. The number of terminal acetylenes is 1. The van der Waals surface area contributed by atoms with Crippen LogP contribution in [0.15, 0.2) is 18.5 Å². The number of piperidine rings is 1. The van der Waals surface area contributed by atoms with E-state index in [1.807, 2.05) is 19.3 Å². The van der Waals surface area contributed by atoms with Crippen LogP contribution in [0.4, 0.5) is 5.69 Å². The molecule has 1 aliphatic rings. The van der Waals surface area contributed by atoms with Crippen LogP contribution in [0.25, 0.3) is 0 Å². The molecular weight excluding hydrogens is 198 g/mol. The molecule has 3 heteroatoms. The third-order valence-corrected chi connectivity index (χ3v) is 3.09. The van der Waals surface area contributed by atoms with Crippen molar-refractivity contribution in [2.75, 3.05) is 25.0 Å². The van der Waals surface area contributed by atoms with Crippen LogP contribution >= 0.6 is 0 Å². The van der Waals surface area contributed by atoms with Crippen LogP contribution in [0.3, 0.4) is 0 Å². The minimum atomic E-state index is 0.572. The SMILES string of the molecule is C#Cc1cncc(N2CCC[C@@H](NC)C2)c1. The molecule has 1 aromatic rings. The van der Waals surface area contributed by atoms with Crippen LogP contribution in [-0.4, -0.2) is 31.2 Å². The molecule has 0 radical (unpaired) electrons. The Morgan fingerprint density at radius 2 is 2.44 bits per heavy atom. The summed E-state index contributed by atoms with van der Waals surface area (Å²) in [6.07, 6.45) is 11.5. The summed E-state index contributed by atoms with van der Waals surface area (Å²) < 4.78 is 0. The van der Waals surface area contributed by atoms with Crippen molar-refractivity contribution in [3.63, 3.8) is 0 Å². The Morgan fingerprint density at radius 3 is 3.19 bits per heavy atom. The number of rotatable bonds is 2. The molecule has 0 aliphatic carbocycles. The molecule has 16 heavy (non-hydrogen) atoms. The van der Waals surface area contributed by atoms with Crippen molar-refractivity contribution in [2.45, 2.75) is 18.9 Å². The fourth-order valence-corrected chi connectivity index (χ4v) is 2.13. The summed E-state index contributed by atoms with van der Waals surface area (Å²) >= 11 is 0. The van der Waals surface area contributed by atoms with Gasteiger partial charge in [-0.05, 0) is 26.0 Å². The fourth-order valence-electron chi connectivity index (χ4n) is 2.13. The molecule has 0 unspecified atom stereocenters. The summed E-state index contributed by atoms with van der Waals surface area (Å²) in [5.41, 5.74) is 1.99. The van der Waals surface area contributed by atoms with Gasteiger partial charge >= 0.3 is 0 Å². The van der Waals surface area contributed by atoms with E-state index < -0.39 is 0 Å². The first-order chi connectivity index (χ1) is 7.83. The Bertz CT molecular complexity index is 394. The minimum Gasteiger partial charge on any atom is -0.369 e. The Balaban J connectivity index is 2.14. The van der Waals surface area contributed by atoms with Gasteiger partial charge < -0.3 is 10.2 Å². The van der Waals surface area contributed by atoms with Crippen LogP contribution in [0.2, 0.25) is 0 Å². The van der Waals surface area contributed by atoms with Gasteiger partial charge in [0.25, 0.3) is 0 Å². The van der Waals surface area contributed by atoms with Gasteiger partial charge in [-0.3, -0.25) is 4.98 Å². The molecular formula is C13H17N3. The second kappa shape index (κ2) is 5.00. The number of aromatic nitrogens is 1. The van der Waals surface area contributed by atoms with Crippen LogP contribution < -0.4 is 10.2 Å². The van der Waals surface area contributed by atoms with Gasteiger partial charge in [0.05, 0.1) is 11.9 Å². The summed E-state index contributed by atoms with van der Waals surface area (Å²) in [7, 11) is 2.02. The number of hydrogen-bond acceptors (Lipinski definition) is 3. The van der Waals surface area contributed by atoms with Gasteiger partial charge in [0.15, 0.2) is 0 Å². The zero-order valence-electron chi connectivity index (χ0n) is 9.61. The topological polar surface area (TPSA) is 28.2 Å². The zero-order chi connectivity index (χ0) is 11.4. The van der Waals surface area contributed by atoms with Crippen LogP contribution in [0, 0.1) is 12.3 Å². The Morgan fingerprint density at radius 1 is 1.56 bits per heavy atom. The average molecular weight is 215 g/mol. The quantitative estimate of drug-likeness (QED) is 0.753. The van der Waals surface area contributed by atoms with E-state index in [1.54, 1.807) is 6.20 Å². The third kappa shape index (κ3) is 2.34. The molecule has 0 amide bonds. The van der Waals surface area contributed by atoms with Crippen molar-refractivity contribution in [1.82, 2.24) is 10.3 Å². The van der Waals surface area contributed by atoms with Crippen molar-refractivity contribution in [2.24, 2.45) is 0 Å². The molecule has 1 N–H and O–H groups in total. The maximum absolute atomic E-state index is 5.38. The summed E-state index contributed by atoms with van der Waals surface area (Å²) in [6.45, 7) is 2.13. The lowest BCUT2D eigenvalue weighted by Crippen LogP contribution is -2.44. The van der Waals surface area contributed by atoms with Crippen molar-refractivity contribution in [1.29, 1.82) is 0 Å². The smallest absolute Gasteiger partial charge is 0.0565 e. The van der Waals surface area contributed by atoms with E-state index in [2.05, 4.69) is 21.1 Å². The molecule has 2 heterocycles. The maximum atomic E-state index is 5.38. The zero-order valence-corrected chi connectivity index (χ0v) is 9.61. The molecule has 1 aliphatic heterocycles. The van der Waals surface area contributed by atoms with Gasteiger partial charge in [-0.25, -0.2) is 0 Å². The second-order valence-electron chi connectivity index (χ2n) is 4.15. The lowest BCUT2D eigenvalue weighted by atomic mass is 10.1. The van der Waals surface area contributed by atoms with Crippen LogP contribution in [0.1, 0.15) is 18.4 Å². The first kappa shape index (κ1) is 11.0. The van der Waals surface area contributed by atoms with Crippen LogP contribution in [0.5, 0.6) is 0 Å². The molecule has 2 rings (SSSR count). The Labute approximate surface area is 96.9 Å². The third-order valence-electron chi connectivity index (χ3n) is 3.09. The number of anilines is 1. The number of hydrogen-bond donors (Lipinski definition) is 1. The molecule has 0 spiro atoms. The highest BCUT2D eigenvalue weighted by molar-refractivity contribution is 5.50. The molecule has 3 nitrogen and oxygen atoms in total. The van der Waals surface area contributed by atoms with Gasteiger partial charge in [0, 0.05) is 30.9 Å². The lowest BCUT2D eigenvalue weighted by molar-refractivity contribution is 0.449. The molecule has 0 bridgehead atoms. The molecule has 1 aromatic heterocycles. The monoisotopic (exact) mass is 215 g/mol. The highest BCUT2D eigenvalue weighted by atomic mass is 15.2. The molecule has 0 saturated carbocycles. The first-order valence-corrected chi connectivity index (χ1v) is 5.67. The van der Waals surface area contributed by atoms with Gasteiger partial charge in [0.2, 0.25) is 0 Å². The molecule has 1 saturated heterocycles. The lowest BCUT2D eigenvalue weighted by Gasteiger charge is -2.34. The number of nitrogens with one attached hydrogen (secondary N) is 1. The summed E-state index contributed by atoms with van der Waals surface area (Å²) in [4.78, 5) is 6.52. The predicted molar refractivity (Wildman–Crippen MR) is 66.5 cm³/mol. The second-order valence-corrected chi connectivity index (χ2v) is 4.15. The number of likely N-dealkylation sites (N-methyl/N-ethyl adjacent to an activating group) is 1. The standard InChI is InChI=1S/C13H17N3/c1-3-11-7-13(9-15-8-11)16-6-4-5-12(10-16)14-2/h1,7-9,12,14H,4-6,10H2,2H3/t12-/m1/s1. The Kier molecular flexibility index (Phi) is 3.43. The Hall–Kier alpha value is -1.53. The van der Waals surface area contributed by atoms with Crippen molar-refractivity contribution >= 4 is 5.69 Å². The van der Waals surface area contributed by atoms with E-state index in [4.69, 9.17) is 6.42 Å². The summed E-state index contributed by atoms with van der Waals surface area (Å²) in [6, 6.07) is 2.61. The molecule has 1 fully saturated rings. The van der Waals surface area contributed by atoms with E-state index in [-0.39, 0.29) is 0 Å². The molecule has 84 valence electrons. The van der Waals surface area contributed by atoms with E-state index in [1.165, 1.54) is 12.8 Å². The van der Waals surface area contributed by atoms with E-state index in [0.29, 0.717) is 6.04 Å². The predicted octanol–water partition coefficient (Wildman–Crippen LogP) is 1.25. The first-order valence-electron chi connectivity index (χ1n) is 5.67. The van der Waals surface area contributed by atoms with E-state index >= 15 is 0 Å². The minimum absolute atomic E-state index is 0.572. The molecule has 0 aromatic carbocycles. The van der Waals surface area contributed by atoms with Crippen molar-refractivity contribution < 1.29 is 0 Å². The maximum Gasteiger partial charge on any atom is 0.0565 e. The van der Waals surface area contributed by atoms with Gasteiger partial charge in [-0.1, -0.05) is 5.92 Å². The van der Waals surface area contributed by atoms with E-state index in [0.717, 1.165) is 24.3 Å². The highest BCUT2D eigenvalue weighted by Crippen LogP contribution is 2.19. The van der Waals surface area contributed by atoms with Gasteiger partial charge in [-0.2, -0.15) is 0 Å². The van der Waals surface area contributed by atoms with Crippen LogP contribution in [-0.2, 0) is 0 Å². The average Bonchev–Trinajstić information content (AvgIpc) is 2.39. The van der Waals surface area contributed by atoms with Gasteiger partial charge in [0.1, 0.15) is 0 Å². The summed E-state index contributed by atoms with van der Waals surface area (Å²) in [5, 5.41) is 3.33. The number of nitrogens with zero attached hydrogens (tertiary/aromatic N) is 2. The van der Waals surface area contributed by atoms with E-state index in [9.17, 15) is 0 Å². The van der Waals surface area contributed by atoms with Crippen molar-refractivity contribution in [3.05, 3.63) is 24.0 Å².